The molecule has 1 amide bonds. The van der Waals surface area contributed by atoms with Gasteiger partial charge in [0.25, 0.3) is 11.7 Å². The first kappa shape index (κ1) is 21.8. The molecule has 3 N–H and O–H groups in total. The molecule has 0 unspecified atom stereocenters. The van der Waals surface area contributed by atoms with Crippen LogP contribution in [-0.4, -0.2) is 33.2 Å². The number of H-pyrrole nitrogens is 1. The highest BCUT2D eigenvalue weighted by atomic mass is 79.9. The van der Waals surface area contributed by atoms with E-state index in [4.69, 9.17) is 0 Å². The van der Waals surface area contributed by atoms with Gasteiger partial charge in [-0.2, -0.15) is 9.67 Å². The number of amides is 1. The monoisotopic (exact) mass is 508 g/mol. The molecule has 0 atom stereocenters. The summed E-state index contributed by atoms with van der Waals surface area (Å²) in [6.07, 6.45) is 1.48. The van der Waals surface area contributed by atoms with E-state index in [1.54, 1.807) is 24.3 Å². The lowest BCUT2D eigenvalue weighted by Crippen LogP contribution is -2.34. The molecule has 0 aliphatic heterocycles. The average Bonchev–Trinajstić information content (AvgIpc) is 3.23. The van der Waals surface area contributed by atoms with Gasteiger partial charge in [0.15, 0.2) is 0 Å². The van der Waals surface area contributed by atoms with Gasteiger partial charge in [0.2, 0.25) is 0 Å². The van der Waals surface area contributed by atoms with Crippen molar-refractivity contribution in [2.75, 3.05) is 5.75 Å². The van der Waals surface area contributed by atoms with E-state index in [1.165, 1.54) is 18.0 Å². The molecule has 9 heteroatoms. The van der Waals surface area contributed by atoms with Gasteiger partial charge in [-0.3, -0.25) is 4.79 Å². The number of carbonyl (C=O) groups excluding carboxylic acids is 1. The standard InChI is InChI=1S/C23H18BrN5O2S/c24-18-9-11-19(12-10-18)29-22(17-6-2-1-3-7-17)27-28-23(29)32-15-21(31)26-25-14-16-5-4-8-20(30)13-16/h1-14H,15H2,(H2,26,30,31)/p+1. The predicted molar refractivity (Wildman–Crippen MR) is 128 cm³/mol. The summed E-state index contributed by atoms with van der Waals surface area (Å²) in [6, 6.07) is 24.4. The molecule has 0 radical (unpaired) electrons. The number of thioether (sulfide) groups is 1. The number of hydrazone groups is 1. The van der Waals surface area contributed by atoms with Gasteiger partial charge in [-0.25, -0.2) is 5.43 Å². The molecule has 1 aromatic heterocycles. The molecule has 0 aliphatic carbocycles. The predicted octanol–water partition coefficient (Wildman–Crippen LogP) is 4.06. The molecule has 0 aliphatic rings. The van der Waals surface area contributed by atoms with Gasteiger partial charge in [-0.15, -0.1) is 5.10 Å². The minimum Gasteiger partial charge on any atom is -0.508 e. The lowest BCUT2D eigenvalue weighted by molar-refractivity contribution is -0.625. The normalized spacial score (nSPS) is 11.0. The SMILES string of the molecule is O=C(CSc1n[nH]c(-c2ccccc2)[n+]1-c1ccc(Br)cc1)NN=Cc1cccc(O)c1. The van der Waals surface area contributed by atoms with E-state index in [9.17, 15) is 9.90 Å². The third-order valence-corrected chi connectivity index (χ3v) is 5.88. The molecular formula is C23H19BrN5O2S+. The first-order valence-corrected chi connectivity index (χ1v) is 11.4. The lowest BCUT2D eigenvalue weighted by Gasteiger charge is -2.04. The van der Waals surface area contributed by atoms with Gasteiger partial charge in [0.1, 0.15) is 11.4 Å². The summed E-state index contributed by atoms with van der Waals surface area (Å²) in [5, 5.41) is 21.6. The van der Waals surface area contributed by atoms with Gasteiger partial charge in [-0.1, -0.05) is 46.3 Å². The third kappa shape index (κ3) is 5.43. The zero-order valence-corrected chi connectivity index (χ0v) is 19.2. The number of phenolic OH excluding ortho intramolecular Hbond substituents is 1. The minimum atomic E-state index is -0.266. The fourth-order valence-corrected chi connectivity index (χ4v) is 3.98. The highest BCUT2D eigenvalue weighted by Gasteiger charge is 2.24. The number of phenols is 1. The molecule has 0 saturated heterocycles. The zero-order valence-electron chi connectivity index (χ0n) is 16.8. The molecule has 4 aromatic rings. The zero-order chi connectivity index (χ0) is 22.3. The van der Waals surface area contributed by atoms with Gasteiger partial charge in [0, 0.05) is 4.47 Å². The summed E-state index contributed by atoms with van der Waals surface area (Å²) in [5.74, 6) is 0.823. The van der Waals surface area contributed by atoms with Crippen LogP contribution in [0.4, 0.5) is 0 Å². The van der Waals surface area contributed by atoms with Crippen molar-refractivity contribution in [2.45, 2.75) is 5.16 Å². The number of nitrogens with one attached hydrogen (secondary N) is 2. The van der Waals surface area contributed by atoms with Crippen LogP contribution in [0.2, 0.25) is 0 Å². The number of aromatic nitrogens is 3. The number of carbonyl (C=O) groups is 1. The topological polar surface area (TPSA) is 94.3 Å². The smallest absolute Gasteiger partial charge is 0.342 e. The van der Waals surface area contributed by atoms with Crippen LogP contribution in [0.25, 0.3) is 17.1 Å². The summed E-state index contributed by atoms with van der Waals surface area (Å²) >= 11 is 4.77. The summed E-state index contributed by atoms with van der Waals surface area (Å²) in [6.45, 7) is 0. The Morgan fingerprint density at radius 1 is 1.12 bits per heavy atom. The van der Waals surface area contributed by atoms with E-state index >= 15 is 0 Å². The summed E-state index contributed by atoms with van der Waals surface area (Å²) in [5.41, 5.74) is 5.09. The van der Waals surface area contributed by atoms with E-state index < -0.39 is 0 Å². The summed E-state index contributed by atoms with van der Waals surface area (Å²) in [7, 11) is 0. The van der Waals surface area contributed by atoms with Crippen molar-refractivity contribution in [2.24, 2.45) is 5.10 Å². The second kappa shape index (κ2) is 10.3. The lowest BCUT2D eigenvalue weighted by atomic mass is 10.2. The van der Waals surface area contributed by atoms with Crippen molar-refractivity contribution in [1.82, 2.24) is 15.6 Å². The van der Waals surface area contributed by atoms with E-state index in [0.717, 1.165) is 21.5 Å². The maximum atomic E-state index is 12.3. The first-order chi connectivity index (χ1) is 15.6. The Bertz CT molecular complexity index is 1240. The van der Waals surface area contributed by atoms with Gasteiger partial charge >= 0.3 is 5.16 Å². The number of nitrogens with zero attached hydrogens (tertiary/aromatic N) is 3. The largest absolute Gasteiger partial charge is 0.508 e. The second-order valence-corrected chi connectivity index (χ2v) is 8.57. The van der Waals surface area contributed by atoms with E-state index in [1.807, 2.05) is 59.2 Å². The van der Waals surface area contributed by atoms with E-state index in [2.05, 4.69) is 36.7 Å². The number of hydrogen-bond donors (Lipinski definition) is 3. The highest BCUT2D eigenvalue weighted by molar-refractivity contribution is 9.10. The molecule has 0 spiro atoms. The second-order valence-electron chi connectivity index (χ2n) is 6.71. The fourth-order valence-electron chi connectivity index (χ4n) is 2.96. The molecular weight excluding hydrogens is 490 g/mol. The number of aromatic hydroxyl groups is 1. The third-order valence-electron chi connectivity index (χ3n) is 4.41. The van der Waals surface area contributed by atoms with Gasteiger partial charge in [-0.05, 0) is 65.9 Å². The number of benzene rings is 3. The number of rotatable bonds is 7. The van der Waals surface area contributed by atoms with Crippen molar-refractivity contribution in [3.05, 3.63) is 88.9 Å². The van der Waals surface area contributed by atoms with Crippen LogP contribution in [0.1, 0.15) is 5.56 Å². The maximum Gasteiger partial charge on any atom is 0.342 e. The number of halogens is 1. The molecule has 3 aromatic carbocycles. The quantitative estimate of drug-likeness (QED) is 0.152. The molecule has 1 heterocycles. The van der Waals surface area contributed by atoms with Crippen molar-refractivity contribution >= 4 is 39.8 Å². The molecule has 0 saturated carbocycles. The molecule has 32 heavy (non-hydrogen) atoms. The van der Waals surface area contributed by atoms with Crippen LogP contribution in [0.5, 0.6) is 5.75 Å². The summed E-state index contributed by atoms with van der Waals surface area (Å²) in [4.78, 5) is 12.3. The van der Waals surface area contributed by atoms with E-state index in [-0.39, 0.29) is 17.4 Å². The molecule has 0 bridgehead atoms. The average molecular weight is 509 g/mol. The van der Waals surface area contributed by atoms with Gasteiger partial charge in [0.05, 0.1) is 22.6 Å². The van der Waals surface area contributed by atoms with Crippen molar-refractivity contribution in [3.63, 3.8) is 0 Å². The maximum absolute atomic E-state index is 12.3. The Balaban J connectivity index is 1.50. The summed E-state index contributed by atoms with van der Waals surface area (Å²) < 4.78 is 2.96. The number of aromatic amines is 1. The molecule has 0 fully saturated rings. The van der Waals surface area contributed by atoms with E-state index in [0.29, 0.717) is 10.7 Å². The Kier molecular flexibility index (Phi) is 6.98. The molecule has 4 rings (SSSR count). The fraction of sp³-hybridized carbons (Fsp3) is 0.0435. The van der Waals surface area contributed by atoms with Crippen LogP contribution in [0, 0.1) is 0 Å². The van der Waals surface area contributed by atoms with Crippen LogP contribution in [0.15, 0.2) is 93.6 Å². The Morgan fingerprint density at radius 2 is 1.91 bits per heavy atom. The highest BCUT2D eigenvalue weighted by Crippen LogP contribution is 2.21. The molecule has 160 valence electrons. The van der Waals surface area contributed by atoms with Gasteiger partial charge < -0.3 is 5.11 Å². The Morgan fingerprint density at radius 3 is 2.66 bits per heavy atom. The number of hydrogen-bond acceptors (Lipinski definition) is 5. The molecule has 7 nitrogen and oxygen atoms in total. The van der Waals surface area contributed by atoms with Crippen molar-refractivity contribution in [1.29, 1.82) is 0 Å². The minimum absolute atomic E-state index is 0.132. The van der Waals surface area contributed by atoms with Crippen molar-refractivity contribution < 1.29 is 14.5 Å². The van der Waals surface area contributed by atoms with Crippen molar-refractivity contribution in [3.8, 4) is 22.8 Å². The Hall–Kier alpha value is -3.43. The first-order valence-electron chi connectivity index (χ1n) is 9.65. The van der Waals surface area contributed by atoms with Crippen LogP contribution in [-0.2, 0) is 4.79 Å². The van der Waals surface area contributed by atoms with Crippen LogP contribution >= 0.6 is 27.7 Å². The van der Waals surface area contributed by atoms with Crippen LogP contribution < -0.4 is 9.99 Å². The Labute approximate surface area is 197 Å². The van der Waals surface area contributed by atoms with Crippen LogP contribution in [0.3, 0.4) is 0 Å².